The molecule has 0 spiro atoms. The number of aryl methyl sites for hydroxylation is 1. The minimum atomic E-state index is -0.0372. The van der Waals surface area contributed by atoms with Crippen LogP contribution in [0.25, 0.3) is 21.2 Å². The number of rotatable bonds is 3. The maximum absolute atomic E-state index is 2.66. The maximum atomic E-state index is 2.66. The van der Waals surface area contributed by atoms with E-state index in [1.165, 1.54) is 123 Å². The van der Waals surface area contributed by atoms with E-state index in [2.05, 4.69) is 237 Å². The molecule has 7 aromatic rings. The van der Waals surface area contributed by atoms with Crippen molar-refractivity contribution >= 4 is 78.0 Å². The van der Waals surface area contributed by atoms with Crippen LogP contribution in [-0.2, 0) is 32.5 Å². The third-order valence-electron chi connectivity index (χ3n) is 15.8. The molecule has 67 heavy (non-hydrogen) atoms. The van der Waals surface area contributed by atoms with Gasteiger partial charge in [0, 0.05) is 43.2 Å². The average molecular weight is 901 g/mol. The highest BCUT2D eigenvalue weighted by Gasteiger charge is 2.47. The summed E-state index contributed by atoms with van der Waals surface area (Å²) in [6.45, 7) is 40.2. The molecule has 344 valence electrons. The van der Waals surface area contributed by atoms with Crippen LogP contribution < -0.4 is 25.5 Å². The molecular formula is C63H73BN2S. The fourth-order valence-corrected chi connectivity index (χ4v) is 12.7. The van der Waals surface area contributed by atoms with Crippen molar-refractivity contribution in [2.24, 2.45) is 0 Å². The van der Waals surface area contributed by atoms with Gasteiger partial charge in [-0.3, -0.25) is 0 Å². The summed E-state index contributed by atoms with van der Waals surface area (Å²) in [5.41, 5.74) is 22.9. The first-order valence-corrected chi connectivity index (χ1v) is 25.8. The second-order valence-corrected chi connectivity index (χ2v) is 27.0. The van der Waals surface area contributed by atoms with E-state index in [0.717, 1.165) is 0 Å². The van der Waals surface area contributed by atoms with Crippen molar-refractivity contribution in [3.8, 4) is 11.1 Å². The summed E-state index contributed by atoms with van der Waals surface area (Å²) >= 11 is 2.04. The summed E-state index contributed by atoms with van der Waals surface area (Å²) in [5, 5.41) is 1.38. The van der Waals surface area contributed by atoms with Gasteiger partial charge in [0.2, 0.25) is 0 Å². The van der Waals surface area contributed by atoms with E-state index >= 15 is 0 Å². The Morgan fingerprint density at radius 2 is 0.985 bits per heavy atom. The van der Waals surface area contributed by atoms with Gasteiger partial charge in [-0.05, 0) is 162 Å². The normalized spacial score (nSPS) is 16.5. The lowest BCUT2D eigenvalue weighted by atomic mass is 9.36. The van der Waals surface area contributed by atoms with Gasteiger partial charge >= 0.3 is 0 Å². The Morgan fingerprint density at radius 3 is 1.55 bits per heavy atom. The van der Waals surface area contributed by atoms with Gasteiger partial charge in [0.25, 0.3) is 6.71 Å². The quantitative estimate of drug-likeness (QED) is 0.163. The zero-order valence-electron chi connectivity index (χ0n) is 43.7. The summed E-state index contributed by atoms with van der Waals surface area (Å²) in [6.07, 6.45) is 2.39. The molecule has 0 bridgehead atoms. The Kier molecular flexibility index (Phi) is 10.2. The molecule has 3 heterocycles. The lowest BCUT2D eigenvalue weighted by molar-refractivity contribution is 0.332. The van der Waals surface area contributed by atoms with Crippen LogP contribution in [0, 0.1) is 6.92 Å². The topological polar surface area (TPSA) is 6.48 Å². The van der Waals surface area contributed by atoms with Crippen molar-refractivity contribution in [1.82, 2.24) is 0 Å². The minimum absolute atomic E-state index is 0.0182. The molecule has 0 fully saturated rings. The largest absolute Gasteiger partial charge is 0.311 e. The smallest absolute Gasteiger partial charge is 0.264 e. The third-order valence-corrected chi connectivity index (χ3v) is 17.0. The number of benzene rings is 6. The molecule has 10 rings (SSSR count). The summed E-state index contributed by atoms with van der Waals surface area (Å²) in [6, 6.07) is 44.0. The first-order chi connectivity index (χ1) is 31.1. The molecule has 4 heteroatoms. The molecular weight excluding hydrogens is 828 g/mol. The Balaban J connectivity index is 1.32. The van der Waals surface area contributed by atoms with E-state index in [4.69, 9.17) is 0 Å². The first-order valence-electron chi connectivity index (χ1n) is 25.0. The number of fused-ring (bicyclic) bond motifs is 7. The molecule has 0 radical (unpaired) electrons. The summed E-state index contributed by atoms with van der Waals surface area (Å²) < 4.78 is 2.84. The van der Waals surface area contributed by atoms with Gasteiger partial charge in [-0.15, -0.1) is 11.3 Å². The summed E-state index contributed by atoms with van der Waals surface area (Å²) in [5.74, 6) is 0. The molecule has 1 aromatic heterocycles. The number of hydrogen-bond donors (Lipinski definition) is 0. The van der Waals surface area contributed by atoms with Gasteiger partial charge < -0.3 is 9.80 Å². The zero-order valence-corrected chi connectivity index (χ0v) is 44.5. The number of nitrogens with zero attached hydrogens (tertiary/aromatic N) is 2. The van der Waals surface area contributed by atoms with E-state index in [-0.39, 0.29) is 39.2 Å². The Bertz CT molecular complexity index is 3110. The Labute approximate surface area is 407 Å². The lowest BCUT2D eigenvalue weighted by Crippen LogP contribution is -2.60. The molecule has 2 aliphatic heterocycles. The van der Waals surface area contributed by atoms with Crippen LogP contribution in [0.3, 0.4) is 0 Å². The second kappa shape index (κ2) is 15.0. The van der Waals surface area contributed by atoms with Crippen molar-refractivity contribution in [2.75, 3.05) is 9.80 Å². The van der Waals surface area contributed by atoms with Gasteiger partial charge in [0.15, 0.2) is 0 Å². The molecule has 2 nitrogen and oxygen atoms in total. The standard InChI is InChI=1S/C63H73BN2S/c1-38-32-52-55-53(33-38)66(50-29-25-42(60(8,9)10)34-45(50)39-18-20-40(21-19-39)58(2,3)4)51-35-43(61(11,12)13)24-28-49(51)64(55)57-56(65(52)44-26-22-41(23-27-44)59(5,6)7)46-36-47-48(37-54(46)67-57)63(16,17)31-30-62(47,14)15/h18-29,32-37H,30-31H2,1-17H3. The zero-order chi connectivity index (χ0) is 48.1. The van der Waals surface area contributed by atoms with Crippen molar-refractivity contribution in [1.29, 1.82) is 0 Å². The number of hydrogen-bond acceptors (Lipinski definition) is 3. The molecule has 0 saturated heterocycles. The summed E-state index contributed by atoms with van der Waals surface area (Å²) in [7, 11) is 0. The van der Waals surface area contributed by atoms with Crippen molar-refractivity contribution in [3.05, 3.63) is 148 Å². The molecule has 0 N–H and O–H groups in total. The Morgan fingerprint density at radius 1 is 0.493 bits per heavy atom. The van der Waals surface area contributed by atoms with Crippen LogP contribution in [0.1, 0.15) is 163 Å². The monoisotopic (exact) mass is 901 g/mol. The fraction of sp³-hybridized carbons (Fsp3) is 0.397. The van der Waals surface area contributed by atoms with Crippen LogP contribution in [-0.4, -0.2) is 6.71 Å². The third kappa shape index (κ3) is 7.51. The predicted molar refractivity (Wildman–Crippen MR) is 296 cm³/mol. The predicted octanol–water partition coefficient (Wildman–Crippen LogP) is 16.5. The van der Waals surface area contributed by atoms with Crippen LogP contribution >= 0.6 is 11.3 Å². The average Bonchev–Trinajstić information content (AvgIpc) is 3.61. The van der Waals surface area contributed by atoms with E-state index < -0.39 is 0 Å². The van der Waals surface area contributed by atoms with Crippen LogP contribution in [0.2, 0.25) is 0 Å². The highest BCUT2D eigenvalue weighted by atomic mass is 32.1. The highest BCUT2D eigenvalue weighted by Crippen LogP contribution is 2.53. The van der Waals surface area contributed by atoms with E-state index in [0.29, 0.717) is 0 Å². The number of thiophene rings is 1. The minimum Gasteiger partial charge on any atom is -0.311 e. The van der Waals surface area contributed by atoms with Crippen molar-refractivity contribution in [2.45, 2.75) is 163 Å². The molecule has 0 saturated carbocycles. The van der Waals surface area contributed by atoms with Gasteiger partial charge in [0.1, 0.15) is 0 Å². The molecule has 0 amide bonds. The molecule has 3 aliphatic rings. The SMILES string of the molecule is Cc1cc2c3c(c1)N(c1ccc(C(C)(C)C)cc1)c1c(sc4cc5c(cc14)C(C)(C)CCC5(C)C)B3c1ccc(C(C)(C)C)cc1N2c1ccc(C(C)(C)C)cc1-c1ccc(C(C)(C)C)cc1. The van der Waals surface area contributed by atoms with Crippen molar-refractivity contribution in [3.63, 3.8) is 0 Å². The van der Waals surface area contributed by atoms with E-state index in [9.17, 15) is 0 Å². The van der Waals surface area contributed by atoms with Crippen LogP contribution in [0.5, 0.6) is 0 Å². The van der Waals surface area contributed by atoms with Crippen LogP contribution in [0.4, 0.5) is 34.1 Å². The lowest BCUT2D eigenvalue weighted by Gasteiger charge is -2.44. The molecule has 6 aromatic carbocycles. The van der Waals surface area contributed by atoms with Gasteiger partial charge in [-0.2, -0.15) is 0 Å². The van der Waals surface area contributed by atoms with E-state index in [1.54, 1.807) is 0 Å². The fourth-order valence-electron chi connectivity index (χ4n) is 11.4. The molecule has 0 unspecified atom stereocenters. The van der Waals surface area contributed by atoms with Gasteiger partial charge in [-0.1, -0.05) is 165 Å². The summed E-state index contributed by atoms with van der Waals surface area (Å²) in [4.78, 5) is 5.33. The molecule has 1 aliphatic carbocycles. The maximum Gasteiger partial charge on any atom is 0.264 e. The van der Waals surface area contributed by atoms with Gasteiger partial charge in [-0.25, -0.2) is 0 Å². The van der Waals surface area contributed by atoms with E-state index in [1.807, 2.05) is 11.3 Å². The van der Waals surface area contributed by atoms with Crippen LogP contribution in [0.15, 0.2) is 109 Å². The first kappa shape index (κ1) is 45.7. The second-order valence-electron chi connectivity index (χ2n) is 25.9. The highest BCUT2D eigenvalue weighted by molar-refractivity contribution is 7.33. The number of anilines is 6. The molecule has 0 atom stereocenters. The van der Waals surface area contributed by atoms with Gasteiger partial charge in [0.05, 0.1) is 11.4 Å². The Hall–Kier alpha value is -5.06. The van der Waals surface area contributed by atoms with Crippen molar-refractivity contribution < 1.29 is 0 Å².